The van der Waals surface area contributed by atoms with Crippen molar-refractivity contribution in [3.05, 3.63) is 0 Å². The number of unbranched alkanes of at least 4 members (excludes halogenated alkanes) is 2. The topological polar surface area (TPSA) is 0 Å². The molecule has 2 aliphatic rings. The molecule has 0 atom stereocenters. The number of hydrogen-bond acceptors (Lipinski definition) is 0. The molecule has 1 heteroatoms. The lowest BCUT2D eigenvalue weighted by molar-refractivity contribution is 0.474. The van der Waals surface area contributed by atoms with E-state index in [9.17, 15) is 0 Å². The lowest BCUT2D eigenvalue weighted by atomic mass is 9.99. The van der Waals surface area contributed by atoms with Crippen LogP contribution in [0.25, 0.3) is 0 Å². The molecule has 2 fully saturated rings. The normalized spacial score (nSPS) is 37.1. The van der Waals surface area contributed by atoms with Crippen LogP contribution >= 0.6 is 7.92 Å². The average molecular weight is 212 g/mol. The summed E-state index contributed by atoms with van der Waals surface area (Å²) in [6.45, 7) is 2.33. The summed E-state index contributed by atoms with van der Waals surface area (Å²) in [4.78, 5) is 0. The largest absolute Gasteiger partial charge is 0.100 e. The van der Waals surface area contributed by atoms with Gasteiger partial charge in [-0.05, 0) is 49.6 Å². The Bertz CT molecular complexity index is 145. The lowest BCUT2D eigenvalue weighted by Gasteiger charge is -2.43. The Balaban J connectivity index is 1.82. The molecule has 0 aliphatic carbocycles. The number of fused-ring (bicyclic) bond motifs is 2. The maximum absolute atomic E-state index is 2.33. The molecule has 0 amide bonds. The Labute approximate surface area is 90.6 Å². The maximum Gasteiger partial charge on any atom is -0.0207 e. The van der Waals surface area contributed by atoms with Gasteiger partial charge in [-0.25, -0.2) is 0 Å². The highest BCUT2D eigenvalue weighted by atomic mass is 31.1. The first kappa shape index (κ1) is 10.9. The molecule has 0 unspecified atom stereocenters. The van der Waals surface area contributed by atoms with Crippen molar-refractivity contribution >= 4 is 7.92 Å². The molecule has 0 nitrogen and oxygen atoms in total. The zero-order valence-electron chi connectivity index (χ0n) is 9.67. The van der Waals surface area contributed by atoms with Crippen LogP contribution < -0.4 is 0 Å². The smallest absolute Gasteiger partial charge is 0.0207 e. The SMILES string of the molecule is CCCCCP1C2CCCC1CCC2. The van der Waals surface area contributed by atoms with Crippen molar-refractivity contribution in [2.45, 2.75) is 76.0 Å². The van der Waals surface area contributed by atoms with Gasteiger partial charge in [-0.1, -0.05) is 32.6 Å². The van der Waals surface area contributed by atoms with Crippen LogP contribution in [-0.4, -0.2) is 17.5 Å². The van der Waals surface area contributed by atoms with Crippen LogP contribution in [0.1, 0.15) is 64.7 Å². The molecule has 0 saturated carbocycles. The quantitative estimate of drug-likeness (QED) is 0.465. The molecule has 0 N–H and O–H groups in total. The minimum absolute atomic E-state index is 0.479. The van der Waals surface area contributed by atoms with E-state index < -0.39 is 0 Å². The van der Waals surface area contributed by atoms with E-state index in [1.165, 1.54) is 30.6 Å². The molecule has 2 rings (SSSR count). The Hall–Kier alpha value is 0.430. The maximum atomic E-state index is 2.33. The molecular weight excluding hydrogens is 187 g/mol. The van der Waals surface area contributed by atoms with Gasteiger partial charge < -0.3 is 0 Å². The highest BCUT2D eigenvalue weighted by Crippen LogP contribution is 2.59. The fourth-order valence-electron chi connectivity index (χ4n) is 3.34. The Morgan fingerprint density at radius 2 is 1.50 bits per heavy atom. The predicted octanol–water partition coefficient (Wildman–Crippen LogP) is 4.76. The molecule has 2 bridgehead atoms. The van der Waals surface area contributed by atoms with Crippen molar-refractivity contribution in [2.24, 2.45) is 0 Å². The summed E-state index contributed by atoms with van der Waals surface area (Å²) in [5.41, 5.74) is 2.41. The van der Waals surface area contributed by atoms with Gasteiger partial charge in [0.05, 0.1) is 0 Å². The molecule has 2 aliphatic heterocycles. The monoisotopic (exact) mass is 212 g/mol. The van der Waals surface area contributed by atoms with Crippen LogP contribution in [0.15, 0.2) is 0 Å². The van der Waals surface area contributed by atoms with Crippen LogP contribution in [0.5, 0.6) is 0 Å². The first-order valence-corrected chi connectivity index (χ1v) is 8.34. The number of hydrogen-bond donors (Lipinski definition) is 0. The van der Waals surface area contributed by atoms with E-state index in [1.54, 1.807) is 44.7 Å². The number of rotatable bonds is 4. The zero-order valence-corrected chi connectivity index (χ0v) is 10.6. The lowest BCUT2D eigenvalue weighted by Crippen LogP contribution is -2.27. The summed E-state index contributed by atoms with van der Waals surface area (Å²) < 4.78 is 0. The Morgan fingerprint density at radius 1 is 0.929 bits per heavy atom. The second-order valence-corrected chi connectivity index (χ2v) is 8.05. The third-order valence-corrected chi connectivity index (χ3v) is 7.85. The van der Waals surface area contributed by atoms with Gasteiger partial charge in [-0.3, -0.25) is 0 Å². The van der Waals surface area contributed by atoms with Gasteiger partial charge in [0.15, 0.2) is 0 Å². The minimum atomic E-state index is 0.479. The van der Waals surface area contributed by atoms with Crippen LogP contribution in [0, 0.1) is 0 Å². The third kappa shape index (κ3) is 2.51. The van der Waals surface area contributed by atoms with Gasteiger partial charge in [0.25, 0.3) is 0 Å². The van der Waals surface area contributed by atoms with E-state index in [1.807, 2.05) is 0 Å². The fourth-order valence-corrected chi connectivity index (χ4v) is 7.31. The van der Waals surface area contributed by atoms with E-state index in [-0.39, 0.29) is 0 Å². The molecular formula is C13H25P. The van der Waals surface area contributed by atoms with Gasteiger partial charge in [-0.15, -0.1) is 7.92 Å². The van der Waals surface area contributed by atoms with E-state index in [0.717, 1.165) is 0 Å². The summed E-state index contributed by atoms with van der Waals surface area (Å²) >= 11 is 0. The van der Waals surface area contributed by atoms with Crippen molar-refractivity contribution in [2.75, 3.05) is 6.16 Å². The average Bonchev–Trinajstić information content (AvgIpc) is 2.17. The van der Waals surface area contributed by atoms with Gasteiger partial charge in [0.2, 0.25) is 0 Å². The fraction of sp³-hybridized carbons (Fsp3) is 1.00. The summed E-state index contributed by atoms with van der Waals surface area (Å²) in [5.74, 6) is 0. The molecule has 2 saturated heterocycles. The summed E-state index contributed by atoms with van der Waals surface area (Å²) in [6.07, 6.45) is 15.5. The molecule has 0 aromatic rings. The first-order chi connectivity index (χ1) is 6.92. The van der Waals surface area contributed by atoms with Gasteiger partial charge in [0.1, 0.15) is 0 Å². The van der Waals surface area contributed by atoms with Crippen molar-refractivity contribution in [1.82, 2.24) is 0 Å². The van der Waals surface area contributed by atoms with Crippen LogP contribution in [0.2, 0.25) is 0 Å². The Morgan fingerprint density at radius 3 is 2.00 bits per heavy atom. The minimum Gasteiger partial charge on any atom is -0.100 e. The van der Waals surface area contributed by atoms with E-state index >= 15 is 0 Å². The second-order valence-electron chi connectivity index (χ2n) is 5.11. The van der Waals surface area contributed by atoms with E-state index in [4.69, 9.17) is 0 Å². The molecule has 2 heterocycles. The van der Waals surface area contributed by atoms with Crippen LogP contribution in [0.3, 0.4) is 0 Å². The highest BCUT2D eigenvalue weighted by Gasteiger charge is 2.34. The molecule has 0 aromatic carbocycles. The van der Waals surface area contributed by atoms with Gasteiger partial charge in [0, 0.05) is 0 Å². The Kier molecular flexibility index (Phi) is 4.29. The van der Waals surface area contributed by atoms with E-state index in [2.05, 4.69) is 6.92 Å². The predicted molar refractivity (Wildman–Crippen MR) is 66.6 cm³/mol. The summed E-state index contributed by atoms with van der Waals surface area (Å²) in [6, 6.07) is 0. The van der Waals surface area contributed by atoms with Crippen molar-refractivity contribution < 1.29 is 0 Å². The molecule has 0 spiro atoms. The van der Waals surface area contributed by atoms with Crippen LogP contribution in [0.4, 0.5) is 0 Å². The standard InChI is InChI=1S/C13H25P/c1-2-3-4-11-14-12-7-5-8-13(14)10-6-9-12/h12-13H,2-11H2,1H3. The molecule has 82 valence electrons. The van der Waals surface area contributed by atoms with Gasteiger partial charge in [-0.2, -0.15) is 0 Å². The molecule has 0 aromatic heterocycles. The summed E-state index contributed by atoms with van der Waals surface area (Å²) in [5, 5.41) is 0. The third-order valence-electron chi connectivity index (χ3n) is 4.11. The highest BCUT2D eigenvalue weighted by molar-refractivity contribution is 7.59. The molecule has 0 radical (unpaired) electrons. The first-order valence-electron chi connectivity index (χ1n) is 6.67. The second kappa shape index (κ2) is 5.50. The van der Waals surface area contributed by atoms with Crippen molar-refractivity contribution in [1.29, 1.82) is 0 Å². The van der Waals surface area contributed by atoms with Crippen molar-refractivity contribution in [3.8, 4) is 0 Å². The molecule has 14 heavy (non-hydrogen) atoms. The summed E-state index contributed by atoms with van der Waals surface area (Å²) in [7, 11) is 0.479. The van der Waals surface area contributed by atoms with E-state index in [0.29, 0.717) is 7.92 Å². The van der Waals surface area contributed by atoms with Gasteiger partial charge >= 0.3 is 0 Å². The van der Waals surface area contributed by atoms with Crippen molar-refractivity contribution in [3.63, 3.8) is 0 Å². The zero-order chi connectivity index (χ0) is 9.80. The van der Waals surface area contributed by atoms with Crippen LogP contribution in [-0.2, 0) is 0 Å².